The number of carbonyl (C=O) groups excluding carboxylic acids is 6. The topological polar surface area (TPSA) is 266 Å². The molecule has 3 fully saturated rings. The van der Waals surface area contributed by atoms with E-state index in [1.807, 2.05) is 54.5 Å². The molecule has 9 heterocycles. The number of carbonyl (C=O) groups is 6. The number of benzene rings is 2. The number of nitrogens with one attached hydrogen (secondary N) is 1. The molecule has 0 amide bonds. The summed E-state index contributed by atoms with van der Waals surface area (Å²) in [6, 6.07) is 17.9. The van der Waals surface area contributed by atoms with Gasteiger partial charge in [0.1, 0.15) is 17.0 Å². The first-order chi connectivity index (χ1) is 46.0. The Hall–Kier alpha value is -9.42. The highest BCUT2D eigenvalue weighted by molar-refractivity contribution is 9.10. The van der Waals surface area contributed by atoms with Crippen LogP contribution < -0.4 is 10.4 Å². The SMILES string of the molecule is CC(C)(C)OC(=O)n1ccc2c(Br)cncc21.CN(C)C1CCN(c2ccc3[nH]cnc3n2)CC1.CN(C)CN(C)C.O=C1CCC(=O)O1.[C-]#[N+]c1ccc(C(=O)OC)cc1-c1cncc2c1ccn2C(=O)OC(C)(C)C.[C-]#[N+]c1ccc(C(=O)OC)cc1B1OC(C)(C)C(C)(C)O1. The molecular formula is C70H87BBrN13O13. The number of pyridine rings is 3. The molecule has 6 aromatic heterocycles. The van der Waals surface area contributed by atoms with E-state index < -0.39 is 65.6 Å². The number of esters is 4. The zero-order valence-electron chi connectivity index (χ0n) is 59.0. The second-order valence-corrected chi connectivity index (χ2v) is 27.4. The Balaban J connectivity index is 0.000000196. The van der Waals surface area contributed by atoms with Crippen LogP contribution in [0, 0.1) is 13.1 Å². The summed E-state index contributed by atoms with van der Waals surface area (Å²) >= 11 is 3.39. The highest BCUT2D eigenvalue weighted by Gasteiger charge is 2.52. The molecule has 2 aromatic carbocycles. The summed E-state index contributed by atoms with van der Waals surface area (Å²) < 4.78 is 39.9. The minimum Gasteiger partial charge on any atom is -0.465 e. The summed E-state index contributed by atoms with van der Waals surface area (Å²) in [6.07, 6.45) is 13.5. The van der Waals surface area contributed by atoms with Crippen molar-refractivity contribution in [3.05, 3.63) is 143 Å². The van der Waals surface area contributed by atoms with Crippen LogP contribution in [0.1, 0.15) is 116 Å². The van der Waals surface area contributed by atoms with Crippen molar-refractivity contribution in [2.24, 2.45) is 0 Å². The fraction of sp³-hybridized carbons (Fsp3) is 0.429. The number of nitrogens with zero attached hydrogens (tertiary/aromatic N) is 12. The lowest BCUT2D eigenvalue weighted by atomic mass is 9.77. The number of aromatic amines is 1. The van der Waals surface area contributed by atoms with Crippen LogP contribution in [0.2, 0.25) is 0 Å². The minimum absolute atomic E-state index is 0.263. The third-order valence-electron chi connectivity index (χ3n) is 15.4. The van der Waals surface area contributed by atoms with Gasteiger partial charge in [0.15, 0.2) is 17.0 Å². The lowest BCUT2D eigenvalue weighted by Gasteiger charge is -2.35. The Labute approximate surface area is 580 Å². The molecule has 8 aromatic rings. The van der Waals surface area contributed by atoms with E-state index >= 15 is 0 Å². The van der Waals surface area contributed by atoms with Gasteiger partial charge in [-0.05, 0) is 181 Å². The first-order valence-electron chi connectivity index (χ1n) is 31.3. The van der Waals surface area contributed by atoms with Gasteiger partial charge in [-0.15, -0.1) is 0 Å². The zero-order chi connectivity index (χ0) is 72.6. The van der Waals surface area contributed by atoms with Crippen molar-refractivity contribution in [2.75, 3.05) is 81.2 Å². The average Bonchev–Trinajstić information content (AvgIpc) is 1.44. The molecule has 0 saturated carbocycles. The smallest absolute Gasteiger partial charge is 0.465 e. The van der Waals surface area contributed by atoms with Crippen LogP contribution in [-0.4, -0.2) is 197 Å². The van der Waals surface area contributed by atoms with E-state index in [0.29, 0.717) is 56.0 Å². The molecule has 28 heteroatoms. The molecule has 11 rings (SSSR count). The van der Waals surface area contributed by atoms with Crippen molar-refractivity contribution in [1.82, 2.24) is 48.8 Å². The van der Waals surface area contributed by atoms with Crippen LogP contribution in [0.5, 0.6) is 0 Å². The number of fused-ring (bicyclic) bond motifs is 3. The first kappa shape index (κ1) is 77.6. The largest absolute Gasteiger partial charge is 0.483 e. The summed E-state index contributed by atoms with van der Waals surface area (Å²) in [5.41, 5.74) is 4.13. The second kappa shape index (κ2) is 33.7. The Morgan fingerprint density at radius 2 is 1.18 bits per heavy atom. The van der Waals surface area contributed by atoms with Gasteiger partial charge in [-0.25, -0.2) is 38.8 Å². The number of anilines is 1. The predicted octanol–water partition coefficient (Wildman–Crippen LogP) is 12.1. The lowest BCUT2D eigenvalue weighted by molar-refractivity contribution is -0.152. The van der Waals surface area contributed by atoms with Gasteiger partial charge < -0.3 is 47.8 Å². The Bertz CT molecular complexity index is 4190. The van der Waals surface area contributed by atoms with Crippen LogP contribution >= 0.6 is 15.9 Å². The molecule has 3 saturated heterocycles. The first-order valence-corrected chi connectivity index (χ1v) is 32.1. The molecule has 520 valence electrons. The number of aromatic nitrogens is 7. The van der Waals surface area contributed by atoms with E-state index in [1.54, 1.807) is 107 Å². The second-order valence-electron chi connectivity index (χ2n) is 26.6. The van der Waals surface area contributed by atoms with Crippen molar-refractivity contribution in [2.45, 2.75) is 123 Å². The number of cyclic esters (lactones) is 2. The number of rotatable bonds is 8. The van der Waals surface area contributed by atoms with E-state index in [0.717, 1.165) is 52.1 Å². The number of halogens is 1. The fourth-order valence-corrected chi connectivity index (χ4v) is 10.4. The number of hydrogen-bond acceptors (Lipinski definition) is 21. The minimum atomic E-state index is -0.677. The van der Waals surface area contributed by atoms with E-state index in [-0.39, 0.29) is 12.8 Å². The van der Waals surface area contributed by atoms with Crippen molar-refractivity contribution in [3.63, 3.8) is 0 Å². The summed E-state index contributed by atoms with van der Waals surface area (Å²) in [4.78, 5) is 104. The maximum atomic E-state index is 12.5. The van der Waals surface area contributed by atoms with Crippen LogP contribution in [-0.2, 0) is 42.6 Å². The molecule has 26 nitrogen and oxygen atoms in total. The van der Waals surface area contributed by atoms with Gasteiger partial charge in [0.25, 0.3) is 0 Å². The Morgan fingerprint density at radius 1 is 0.684 bits per heavy atom. The summed E-state index contributed by atoms with van der Waals surface area (Å²) in [7, 11) is 14.5. The molecule has 0 unspecified atom stereocenters. The molecule has 1 N–H and O–H groups in total. The van der Waals surface area contributed by atoms with Crippen molar-refractivity contribution >= 4 is 115 Å². The number of methoxy groups -OCH3 is 2. The number of ether oxygens (including phenoxy) is 5. The normalized spacial score (nSPS) is 14.8. The van der Waals surface area contributed by atoms with Gasteiger partial charge in [-0.3, -0.25) is 38.5 Å². The molecule has 0 radical (unpaired) electrons. The summed E-state index contributed by atoms with van der Waals surface area (Å²) in [5.74, 6) is -0.699. The number of hydrogen-bond donors (Lipinski definition) is 1. The van der Waals surface area contributed by atoms with Crippen LogP contribution in [0.3, 0.4) is 0 Å². The summed E-state index contributed by atoms with van der Waals surface area (Å²) in [5, 5.41) is 1.65. The number of piperidine rings is 1. The van der Waals surface area contributed by atoms with Crippen molar-refractivity contribution in [3.8, 4) is 11.1 Å². The number of imidazole rings is 1. The van der Waals surface area contributed by atoms with E-state index in [1.165, 1.54) is 36.2 Å². The zero-order valence-corrected chi connectivity index (χ0v) is 60.6. The molecule has 0 bridgehead atoms. The third-order valence-corrected chi connectivity index (χ3v) is 16.0. The van der Waals surface area contributed by atoms with Gasteiger partial charge in [-0.1, -0.05) is 36.4 Å². The third kappa shape index (κ3) is 21.0. The monoisotopic (exact) mass is 1410 g/mol. The molecule has 0 spiro atoms. The highest BCUT2D eigenvalue weighted by atomic mass is 79.9. The average molecular weight is 1410 g/mol. The maximum Gasteiger partial charge on any atom is 0.483 e. The molecule has 3 aliphatic heterocycles. The molecule has 0 atom stereocenters. The number of H-pyrrole nitrogens is 1. The van der Waals surface area contributed by atoms with Gasteiger partial charge in [-0.2, -0.15) is 0 Å². The maximum absolute atomic E-state index is 12.5. The highest BCUT2D eigenvalue weighted by Crippen LogP contribution is 2.39. The molecule has 3 aliphatic rings. The molecular weight excluding hydrogens is 1320 g/mol. The van der Waals surface area contributed by atoms with Crippen molar-refractivity contribution in [1.29, 1.82) is 0 Å². The quantitative estimate of drug-likeness (QED) is 0.0370. The van der Waals surface area contributed by atoms with Crippen molar-refractivity contribution < 1.29 is 61.8 Å². The van der Waals surface area contributed by atoms with E-state index in [4.69, 9.17) is 41.4 Å². The van der Waals surface area contributed by atoms with Gasteiger partial charge >= 0.3 is 43.2 Å². The Kier molecular flexibility index (Phi) is 26.7. The van der Waals surface area contributed by atoms with Gasteiger partial charge in [0.2, 0.25) is 0 Å². The predicted molar refractivity (Wildman–Crippen MR) is 379 cm³/mol. The van der Waals surface area contributed by atoms with Gasteiger partial charge in [0.05, 0.1) is 97.8 Å². The van der Waals surface area contributed by atoms with E-state index in [2.05, 4.69) is 129 Å². The van der Waals surface area contributed by atoms with E-state index in [9.17, 15) is 28.8 Å². The Morgan fingerprint density at radius 3 is 1.65 bits per heavy atom. The summed E-state index contributed by atoms with van der Waals surface area (Å²) in [6.45, 7) is 36.5. The van der Waals surface area contributed by atoms with Crippen LogP contribution in [0.15, 0.2) is 109 Å². The van der Waals surface area contributed by atoms with Crippen LogP contribution in [0.25, 0.3) is 53.8 Å². The standard InChI is InChI=1S/C21H19N3O4.C15H18BNO4.C13H19N5.C12H13BrN2O2.C5H14N2.C4H4O3/c1-21(2,3)28-20(26)24-9-8-14-16(11-23-12-18(14)24)15-10-13(19(25)27-5)6-7-17(15)22-4;1-14(2)15(3,4)21-16(20-14)11-9-10(13(18)19-6)7-8-12(11)17-5;1-17(2)10-5-7-18(8-6-10)12-4-3-11-13(16-12)15-9-14-11;1-12(2,3)17-11(16)15-5-4-8-9(13)6-14-7-10(8)15;1-6(2)5-7(3)4;5-3-1-2-4(6)7-3/h6-12H,1-3,5H3;7-9H,1-4,6H3;3-4,9-10H,5-8H2,1-2H3,(H,14,15,16);4-7H,1-3H3;5H2,1-4H3;1-2H2. The molecule has 98 heavy (non-hydrogen) atoms. The molecule has 0 aliphatic carbocycles. The van der Waals surface area contributed by atoms with Gasteiger partial charge in [0, 0.05) is 65.8 Å². The van der Waals surface area contributed by atoms with Crippen LogP contribution in [0.4, 0.5) is 26.8 Å². The lowest BCUT2D eigenvalue weighted by Crippen LogP contribution is -2.42. The fourth-order valence-electron chi connectivity index (χ4n) is 9.99.